The van der Waals surface area contributed by atoms with E-state index in [0.717, 1.165) is 43.2 Å². The minimum atomic E-state index is 0.738. The van der Waals surface area contributed by atoms with Crippen molar-refractivity contribution in [2.45, 2.75) is 65.6 Å². The Kier molecular flexibility index (Phi) is 9.30. The van der Waals surface area contributed by atoms with Crippen LogP contribution in [0, 0.1) is 0 Å². The molecule has 0 aliphatic carbocycles. The number of nitrogens with one attached hydrogen (secondary N) is 1. The van der Waals surface area contributed by atoms with Crippen LogP contribution >= 0.6 is 0 Å². The number of fused-ring (bicyclic) bond motifs is 1. The Hall–Kier alpha value is -2.97. The second kappa shape index (κ2) is 12.8. The van der Waals surface area contributed by atoms with E-state index in [9.17, 15) is 0 Å². The summed E-state index contributed by atoms with van der Waals surface area (Å²) in [5.41, 5.74) is 3.56. The van der Waals surface area contributed by atoms with Crippen LogP contribution in [0.4, 0.5) is 0 Å². The lowest BCUT2D eigenvalue weighted by Crippen LogP contribution is -2.26. The van der Waals surface area contributed by atoms with Gasteiger partial charge in [0.1, 0.15) is 17.5 Å². The molecule has 8 nitrogen and oxygen atoms in total. The summed E-state index contributed by atoms with van der Waals surface area (Å²) in [4.78, 5) is 22.1. The number of H-pyrrole nitrogens is 1. The van der Waals surface area contributed by atoms with Crippen molar-refractivity contribution in [2.24, 2.45) is 14.1 Å². The van der Waals surface area contributed by atoms with Gasteiger partial charge in [0.2, 0.25) is 0 Å². The summed E-state index contributed by atoms with van der Waals surface area (Å²) in [6, 6.07) is 6.67. The lowest BCUT2D eigenvalue weighted by molar-refractivity contribution is 0.233. The van der Waals surface area contributed by atoms with Gasteiger partial charge in [-0.15, -0.1) is 0 Å². The predicted molar refractivity (Wildman–Crippen MR) is 145 cm³/mol. The Morgan fingerprint density at radius 2 is 1.69 bits per heavy atom. The smallest absolute Gasteiger partial charge is 0.122 e. The monoisotopic (exact) mass is 490 g/mol. The molecule has 0 saturated carbocycles. The molecule has 0 radical (unpaired) electrons. The van der Waals surface area contributed by atoms with Gasteiger partial charge in [0, 0.05) is 51.8 Å². The number of hydrogen-bond donors (Lipinski definition) is 1. The molecule has 3 heterocycles. The summed E-state index contributed by atoms with van der Waals surface area (Å²) in [5, 5.41) is 0. The van der Waals surface area contributed by atoms with Gasteiger partial charge in [-0.3, -0.25) is 4.90 Å². The highest BCUT2D eigenvalue weighted by atomic mass is 15.2. The first-order valence-corrected chi connectivity index (χ1v) is 13.4. The second-order valence-electron chi connectivity index (χ2n) is 9.84. The number of hydrogen-bond acceptors (Lipinski definition) is 5. The highest BCUT2D eigenvalue weighted by Crippen LogP contribution is 2.20. The van der Waals surface area contributed by atoms with Crippen molar-refractivity contribution in [1.82, 2.24) is 38.9 Å². The SMILES string of the molecule is CCCN(CCC)CCCCc1nc2ccc(CN(Cc3ncc[nH]3)Cc3nccn3C)cc2n1C. The largest absolute Gasteiger partial charge is 0.348 e. The maximum Gasteiger partial charge on any atom is 0.122 e. The van der Waals surface area contributed by atoms with Gasteiger partial charge in [0.15, 0.2) is 0 Å². The summed E-state index contributed by atoms with van der Waals surface area (Å²) in [6.07, 6.45) is 13.4. The molecule has 4 aromatic rings. The number of aromatic nitrogens is 6. The third-order valence-electron chi connectivity index (χ3n) is 6.86. The van der Waals surface area contributed by atoms with Gasteiger partial charge in [-0.05, 0) is 63.0 Å². The van der Waals surface area contributed by atoms with Crippen molar-refractivity contribution >= 4 is 11.0 Å². The lowest BCUT2D eigenvalue weighted by atomic mass is 10.2. The fourth-order valence-electron chi connectivity index (χ4n) is 4.96. The van der Waals surface area contributed by atoms with Crippen LogP contribution in [-0.4, -0.2) is 58.5 Å². The van der Waals surface area contributed by atoms with Crippen LogP contribution in [0.15, 0.2) is 43.0 Å². The molecule has 0 fully saturated rings. The van der Waals surface area contributed by atoms with E-state index in [1.165, 1.54) is 62.2 Å². The minimum Gasteiger partial charge on any atom is -0.348 e. The Bertz CT molecular complexity index is 1180. The van der Waals surface area contributed by atoms with E-state index in [2.05, 4.69) is 73.0 Å². The third-order valence-corrected chi connectivity index (χ3v) is 6.86. The van der Waals surface area contributed by atoms with Gasteiger partial charge in [-0.2, -0.15) is 0 Å². The van der Waals surface area contributed by atoms with E-state index >= 15 is 0 Å². The number of aromatic amines is 1. The van der Waals surface area contributed by atoms with Crippen molar-refractivity contribution in [3.63, 3.8) is 0 Å². The van der Waals surface area contributed by atoms with E-state index in [1.54, 1.807) is 0 Å². The molecule has 3 aromatic heterocycles. The van der Waals surface area contributed by atoms with Gasteiger partial charge < -0.3 is 19.0 Å². The average Bonchev–Trinajstić information content (AvgIpc) is 3.59. The Morgan fingerprint density at radius 3 is 2.39 bits per heavy atom. The zero-order valence-electron chi connectivity index (χ0n) is 22.5. The number of unbranched alkanes of at least 4 members (excludes halogenated alkanes) is 1. The molecule has 0 amide bonds. The van der Waals surface area contributed by atoms with Gasteiger partial charge in [-0.1, -0.05) is 19.9 Å². The fourth-order valence-corrected chi connectivity index (χ4v) is 4.96. The summed E-state index contributed by atoms with van der Waals surface area (Å²) >= 11 is 0. The van der Waals surface area contributed by atoms with Gasteiger partial charge in [-0.25, -0.2) is 15.0 Å². The molecule has 0 unspecified atom stereocenters. The molecule has 1 aromatic carbocycles. The molecular weight excluding hydrogens is 448 g/mol. The molecule has 194 valence electrons. The molecular formula is C28H42N8. The highest BCUT2D eigenvalue weighted by molar-refractivity contribution is 5.76. The Balaban J connectivity index is 1.42. The summed E-state index contributed by atoms with van der Waals surface area (Å²) in [7, 11) is 4.20. The summed E-state index contributed by atoms with van der Waals surface area (Å²) < 4.78 is 4.36. The Labute approximate surface area is 215 Å². The first-order valence-electron chi connectivity index (χ1n) is 13.4. The standard InChI is InChI=1S/C28H42N8/c1-5-15-35(16-6-2)17-8-7-9-27-32-24-11-10-23(19-25(24)34(27)4)20-36(21-26-29-12-13-30-26)22-28-31-14-18-33(28)3/h10-14,18-19H,5-9,15-17,20-22H2,1-4H3,(H,29,30). The lowest BCUT2D eigenvalue weighted by Gasteiger charge is -2.21. The molecule has 4 rings (SSSR count). The quantitative estimate of drug-likeness (QED) is 0.245. The van der Waals surface area contributed by atoms with Crippen molar-refractivity contribution in [3.8, 4) is 0 Å². The van der Waals surface area contributed by atoms with Crippen LogP contribution in [0.5, 0.6) is 0 Å². The first kappa shape index (κ1) is 26.1. The number of benzene rings is 1. The molecule has 0 spiro atoms. The number of rotatable bonds is 15. The van der Waals surface area contributed by atoms with E-state index in [-0.39, 0.29) is 0 Å². The van der Waals surface area contributed by atoms with E-state index in [0.29, 0.717) is 0 Å². The maximum atomic E-state index is 4.96. The van der Waals surface area contributed by atoms with Crippen LogP contribution in [0.3, 0.4) is 0 Å². The van der Waals surface area contributed by atoms with Crippen LogP contribution in [0.1, 0.15) is 62.6 Å². The van der Waals surface area contributed by atoms with Crippen molar-refractivity contribution < 1.29 is 0 Å². The number of imidazole rings is 3. The summed E-state index contributed by atoms with van der Waals surface area (Å²) in [6.45, 7) is 10.5. The molecule has 0 saturated heterocycles. The van der Waals surface area contributed by atoms with E-state index < -0.39 is 0 Å². The van der Waals surface area contributed by atoms with Gasteiger partial charge in [0.05, 0.1) is 24.1 Å². The highest BCUT2D eigenvalue weighted by Gasteiger charge is 2.14. The van der Waals surface area contributed by atoms with Crippen molar-refractivity contribution in [1.29, 1.82) is 0 Å². The van der Waals surface area contributed by atoms with Crippen LogP contribution in [-0.2, 0) is 40.2 Å². The van der Waals surface area contributed by atoms with Crippen molar-refractivity contribution in [2.75, 3.05) is 19.6 Å². The van der Waals surface area contributed by atoms with Gasteiger partial charge in [0.25, 0.3) is 0 Å². The zero-order chi connectivity index (χ0) is 25.3. The van der Waals surface area contributed by atoms with Crippen LogP contribution in [0.2, 0.25) is 0 Å². The van der Waals surface area contributed by atoms with Crippen LogP contribution in [0.25, 0.3) is 11.0 Å². The van der Waals surface area contributed by atoms with Crippen molar-refractivity contribution in [3.05, 3.63) is 66.0 Å². The Morgan fingerprint density at radius 1 is 0.861 bits per heavy atom. The van der Waals surface area contributed by atoms with Gasteiger partial charge >= 0.3 is 0 Å². The zero-order valence-corrected chi connectivity index (χ0v) is 22.5. The molecule has 8 heteroatoms. The average molecular weight is 491 g/mol. The first-order chi connectivity index (χ1) is 17.6. The second-order valence-corrected chi connectivity index (χ2v) is 9.84. The maximum absolute atomic E-state index is 4.96. The normalized spacial score (nSPS) is 11.9. The summed E-state index contributed by atoms with van der Waals surface area (Å²) in [5.74, 6) is 3.19. The molecule has 0 aliphatic heterocycles. The number of nitrogens with zero attached hydrogens (tertiary/aromatic N) is 7. The molecule has 0 aliphatic rings. The van der Waals surface area contributed by atoms with E-state index in [4.69, 9.17) is 4.98 Å². The molecule has 0 atom stereocenters. The number of aryl methyl sites for hydroxylation is 3. The van der Waals surface area contributed by atoms with E-state index in [1.807, 2.05) is 31.8 Å². The molecule has 0 bridgehead atoms. The fraction of sp³-hybridized carbons (Fsp3) is 0.536. The van der Waals surface area contributed by atoms with Crippen LogP contribution < -0.4 is 0 Å². The molecule has 36 heavy (non-hydrogen) atoms. The topological polar surface area (TPSA) is 70.8 Å². The minimum absolute atomic E-state index is 0.738. The third kappa shape index (κ3) is 6.83. The molecule has 1 N–H and O–H groups in total. The predicted octanol–water partition coefficient (Wildman–Crippen LogP) is 4.68.